The second-order valence-corrected chi connectivity index (χ2v) is 6.83. The molecule has 29 heavy (non-hydrogen) atoms. The molecule has 1 aliphatic rings. The van der Waals surface area contributed by atoms with Gasteiger partial charge in [-0.15, -0.1) is 24.0 Å². The summed E-state index contributed by atoms with van der Waals surface area (Å²) in [6.45, 7) is 7.47. The molecule has 1 saturated heterocycles. The second-order valence-electron chi connectivity index (χ2n) is 6.83. The molecule has 0 aliphatic carbocycles. The van der Waals surface area contributed by atoms with Crippen LogP contribution in [-0.2, 0) is 11.3 Å². The average molecular weight is 511 g/mol. The Kier molecular flexibility index (Phi) is 9.03. The van der Waals surface area contributed by atoms with Gasteiger partial charge in [-0.25, -0.2) is 4.99 Å². The quantitative estimate of drug-likeness (QED) is 0.363. The van der Waals surface area contributed by atoms with Crippen LogP contribution in [0.2, 0.25) is 0 Å². The number of ether oxygens (including phenoxy) is 2. The zero-order chi connectivity index (χ0) is 19.9. The minimum Gasteiger partial charge on any atom is -0.508 e. The maximum atomic E-state index is 10.1. The standard InChI is InChI=1S/C22H29N3O3.HI/c1-4-23-22(24-14-17-13-18(27-3)9-10-20(17)26)25-11-12-28-21(15-25)19-8-6-5-7-16(19)2;/h5-10,13,21,26H,4,11-12,14-15H2,1-3H3,(H,23,24);1H. The third-order valence-corrected chi connectivity index (χ3v) is 4.92. The summed E-state index contributed by atoms with van der Waals surface area (Å²) in [6.07, 6.45) is 0.0176. The summed E-state index contributed by atoms with van der Waals surface area (Å²) >= 11 is 0. The van der Waals surface area contributed by atoms with Crippen molar-refractivity contribution in [2.75, 3.05) is 33.4 Å². The molecule has 6 nitrogen and oxygen atoms in total. The van der Waals surface area contributed by atoms with Crippen molar-refractivity contribution in [3.63, 3.8) is 0 Å². The molecule has 3 rings (SSSR count). The molecule has 0 bridgehead atoms. The number of guanidine groups is 1. The summed E-state index contributed by atoms with van der Waals surface area (Å²) in [5.41, 5.74) is 3.18. The molecule has 1 atom stereocenters. The Bertz CT molecular complexity index is 829. The van der Waals surface area contributed by atoms with E-state index in [-0.39, 0.29) is 35.8 Å². The van der Waals surface area contributed by atoms with Crippen LogP contribution in [0.5, 0.6) is 11.5 Å². The van der Waals surface area contributed by atoms with Gasteiger partial charge in [0, 0.05) is 18.7 Å². The Morgan fingerprint density at radius 1 is 1.31 bits per heavy atom. The minimum absolute atomic E-state index is 0. The summed E-state index contributed by atoms with van der Waals surface area (Å²) < 4.78 is 11.3. The molecule has 2 aromatic rings. The van der Waals surface area contributed by atoms with Gasteiger partial charge in [0.2, 0.25) is 0 Å². The highest BCUT2D eigenvalue weighted by molar-refractivity contribution is 14.0. The van der Waals surface area contributed by atoms with Gasteiger partial charge < -0.3 is 24.8 Å². The van der Waals surface area contributed by atoms with Crippen LogP contribution in [0.4, 0.5) is 0 Å². The van der Waals surface area contributed by atoms with Crippen LogP contribution in [0.3, 0.4) is 0 Å². The third-order valence-electron chi connectivity index (χ3n) is 4.92. The van der Waals surface area contributed by atoms with E-state index >= 15 is 0 Å². The number of nitrogens with zero attached hydrogens (tertiary/aromatic N) is 2. The summed E-state index contributed by atoms with van der Waals surface area (Å²) in [5.74, 6) is 1.76. The van der Waals surface area contributed by atoms with Crippen LogP contribution in [-0.4, -0.2) is 49.3 Å². The number of phenolic OH excluding ortho intramolecular Hbond substituents is 1. The van der Waals surface area contributed by atoms with E-state index in [2.05, 4.69) is 42.3 Å². The predicted molar refractivity (Wildman–Crippen MR) is 126 cm³/mol. The molecular weight excluding hydrogens is 481 g/mol. The highest BCUT2D eigenvalue weighted by Crippen LogP contribution is 2.26. The van der Waals surface area contributed by atoms with E-state index in [0.717, 1.165) is 31.2 Å². The highest BCUT2D eigenvalue weighted by atomic mass is 127. The lowest BCUT2D eigenvalue weighted by molar-refractivity contribution is -0.00834. The Balaban J connectivity index is 0.00000300. The molecule has 1 fully saturated rings. The Morgan fingerprint density at radius 3 is 2.83 bits per heavy atom. The normalized spacial score (nSPS) is 16.9. The largest absolute Gasteiger partial charge is 0.508 e. The van der Waals surface area contributed by atoms with Crippen molar-refractivity contribution in [2.24, 2.45) is 4.99 Å². The van der Waals surface area contributed by atoms with Gasteiger partial charge >= 0.3 is 0 Å². The average Bonchev–Trinajstić information content (AvgIpc) is 2.72. The molecule has 2 N–H and O–H groups in total. The zero-order valence-electron chi connectivity index (χ0n) is 17.2. The van der Waals surface area contributed by atoms with Gasteiger partial charge in [-0.05, 0) is 43.2 Å². The number of nitrogens with one attached hydrogen (secondary N) is 1. The van der Waals surface area contributed by atoms with E-state index in [4.69, 9.17) is 14.5 Å². The Morgan fingerprint density at radius 2 is 2.10 bits per heavy atom. The van der Waals surface area contributed by atoms with Crippen molar-refractivity contribution in [3.05, 3.63) is 59.2 Å². The van der Waals surface area contributed by atoms with Gasteiger partial charge in [0.25, 0.3) is 0 Å². The molecule has 0 radical (unpaired) electrons. The lowest BCUT2D eigenvalue weighted by Gasteiger charge is -2.35. The monoisotopic (exact) mass is 511 g/mol. The van der Waals surface area contributed by atoms with Gasteiger partial charge in [0.15, 0.2) is 5.96 Å². The number of morpholine rings is 1. The fourth-order valence-electron chi connectivity index (χ4n) is 3.38. The molecule has 0 saturated carbocycles. The molecule has 2 aromatic carbocycles. The smallest absolute Gasteiger partial charge is 0.194 e. The maximum Gasteiger partial charge on any atom is 0.194 e. The van der Waals surface area contributed by atoms with Gasteiger partial charge in [-0.3, -0.25) is 0 Å². The molecule has 0 spiro atoms. The number of aromatic hydroxyl groups is 1. The van der Waals surface area contributed by atoms with Crippen molar-refractivity contribution in [1.82, 2.24) is 10.2 Å². The van der Waals surface area contributed by atoms with Gasteiger partial charge in [-0.1, -0.05) is 24.3 Å². The number of hydrogen-bond donors (Lipinski definition) is 2. The zero-order valence-corrected chi connectivity index (χ0v) is 19.6. The topological polar surface area (TPSA) is 66.3 Å². The molecule has 7 heteroatoms. The van der Waals surface area contributed by atoms with Crippen LogP contribution in [0.25, 0.3) is 0 Å². The predicted octanol–water partition coefficient (Wildman–Crippen LogP) is 3.87. The number of hydrogen-bond acceptors (Lipinski definition) is 4. The SMILES string of the molecule is CCNC(=NCc1cc(OC)ccc1O)N1CCOC(c2ccccc2C)C1.I. The number of benzene rings is 2. The van der Waals surface area contributed by atoms with Crippen LogP contribution in [0.1, 0.15) is 29.7 Å². The third kappa shape index (κ3) is 5.99. The van der Waals surface area contributed by atoms with Gasteiger partial charge in [0.1, 0.15) is 17.6 Å². The second kappa shape index (κ2) is 11.3. The van der Waals surface area contributed by atoms with Crippen LogP contribution >= 0.6 is 24.0 Å². The number of aryl methyl sites for hydroxylation is 1. The van der Waals surface area contributed by atoms with Crippen molar-refractivity contribution < 1.29 is 14.6 Å². The first kappa shape index (κ1) is 23.3. The van der Waals surface area contributed by atoms with E-state index in [1.807, 2.05) is 12.1 Å². The van der Waals surface area contributed by atoms with E-state index in [0.29, 0.717) is 18.9 Å². The van der Waals surface area contributed by atoms with Crippen LogP contribution in [0.15, 0.2) is 47.5 Å². The first-order valence-corrected chi connectivity index (χ1v) is 9.68. The van der Waals surface area contributed by atoms with E-state index < -0.39 is 0 Å². The molecule has 158 valence electrons. The lowest BCUT2D eigenvalue weighted by atomic mass is 10.0. The van der Waals surface area contributed by atoms with Crippen molar-refractivity contribution in [2.45, 2.75) is 26.5 Å². The number of aliphatic imine (C=N–C) groups is 1. The summed E-state index contributed by atoms with van der Waals surface area (Å²) in [6, 6.07) is 13.5. The molecule has 0 aromatic heterocycles. The Labute approximate surface area is 190 Å². The van der Waals surface area contributed by atoms with Gasteiger partial charge in [0.05, 0.1) is 26.8 Å². The molecule has 0 amide bonds. The first-order chi connectivity index (χ1) is 13.6. The summed E-state index contributed by atoms with van der Waals surface area (Å²) in [7, 11) is 1.61. The number of methoxy groups -OCH3 is 1. The van der Waals surface area contributed by atoms with Crippen molar-refractivity contribution in [1.29, 1.82) is 0 Å². The lowest BCUT2D eigenvalue weighted by Crippen LogP contribution is -2.48. The molecule has 1 aliphatic heterocycles. The summed E-state index contributed by atoms with van der Waals surface area (Å²) in [5, 5.41) is 13.5. The minimum atomic E-state index is 0. The fraction of sp³-hybridized carbons (Fsp3) is 0.409. The Hall–Kier alpha value is -2.00. The van der Waals surface area contributed by atoms with Gasteiger partial charge in [-0.2, -0.15) is 0 Å². The molecular formula is C22H30IN3O3. The highest BCUT2D eigenvalue weighted by Gasteiger charge is 2.25. The van der Waals surface area contributed by atoms with Crippen LogP contribution in [0, 0.1) is 6.92 Å². The molecule has 1 heterocycles. The number of halogens is 1. The van der Waals surface area contributed by atoms with Crippen LogP contribution < -0.4 is 10.1 Å². The number of phenols is 1. The fourth-order valence-corrected chi connectivity index (χ4v) is 3.38. The van der Waals surface area contributed by atoms with Crippen molar-refractivity contribution >= 4 is 29.9 Å². The van der Waals surface area contributed by atoms with E-state index in [1.54, 1.807) is 19.2 Å². The van der Waals surface area contributed by atoms with E-state index in [9.17, 15) is 5.11 Å². The molecule has 1 unspecified atom stereocenters. The first-order valence-electron chi connectivity index (χ1n) is 9.68. The number of rotatable bonds is 5. The van der Waals surface area contributed by atoms with Crippen molar-refractivity contribution in [3.8, 4) is 11.5 Å². The summed E-state index contributed by atoms with van der Waals surface area (Å²) in [4.78, 5) is 6.98. The van der Waals surface area contributed by atoms with E-state index in [1.165, 1.54) is 11.1 Å². The maximum absolute atomic E-state index is 10.1.